The largest absolute Gasteiger partial charge is 0.454 e. The Morgan fingerprint density at radius 3 is 1.80 bits per heavy atom. The summed E-state index contributed by atoms with van der Waals surface area (Å²) in [5.41, 5.74) is 0.576. The minimum Gasteiger partial charge on any atom is -0.284 e. The second-order valence-corrected chi connectivity index (χ2v) is 3.91. The van der Waals surface area contributed by atoms with Crippen molar-refractivity contribution in [2.75, 3.05) is 0 Å². The standard InChI is InChI=1S/C14H9F3N2O/c15-14(16,17)13(20)10-6-8-12(9-7-10)19-18-11-4-2-1-3-5-11/h1-9H. The molecule has 20 heavy (non-hydrogen) atoms. The quantitative estimate of drug-likeness (QED) is 0.584. The van der Waals surface area contributed by atoms with Crippen LogP contribution in [0.1, 0.15) is 10.4 Å². The van der Waals surface area contributed by atoms with Gasteiger partial charge in [-0.05, 0) is 36.4 Å². The van der Waals surface area contributed by atoms with Gasteiger partial charge in [-0.3, -0.25) is 4.79 Å². The number of ketones is 1. The predicted molar refractivity (Wildman–Crippen MR) is 67.4 cm³/mol. The molecule has 3 nitrogen and oxygen atoms in total. The third-order valence-corrected chi connectivity index (χ3v) is 2.42. The normalized spacial score (nSPS) is 11.8. The molecule has 0 bridgehead atoms. The van der Waals surface area contributed by atoms with Crippen molar-refractivity contribution in [3.63, 3.8) is 0 Å². The van der Waals surface area contributed by atoms with Crippen LogP contribution in [0, 0.1) is 0 Å². The Labute approximate surface area is 112 Å². The summed E-state index contributed by atoms with van der Waals surface area (Å²) < 4.78 is 36.6. The van der Waals surface area contributed by atoms with Gasteiger partial charge in [-0.15, -0.1) is 0 Å². The summed E-state index contributed by atoms with van der Waals surface area (Å²) in [5, 5.41) is 7.79. The van der Waals surface area contributed by atoms with Crippen molar-refractivity contribution in [2.45, 2.75) is 6.18 Å². The van der Waals surface area contributed by atoms with E-state index in [-0.39, 0.29) is 0 Å². The van der Waals surface area contributed by atoms with Crippen molar-refractivity contribution < 1.29 is 18.0 Å². The van der Waals surface area contributed by atoms with Gasteiger partial charge >= 0.3 is 6.18 Å². The Bertz CT molecular complexity index is 619. The number of hydrogen-bond donors (Lipinski definition) is 0. The third kappa shape index (κ3) is 3.50. The lowest BCUT2D eigenvalue weighted by atomic mass is 10.1. The molecule has 0 aromatic heterocycles. The summed E-state index contributed by atoms with van der Waals surface area (Å²) >= 11 is 0. The maximum atomic E-state index is 12.2. The number of hydrogen-bond acceptors (Lipinski definition) is 3. The Morgan fingerprint density at radius 2 is 1.30 bits per heavy atom. The van der Waals surface area contributed by atoms with Crippen LogP contribution in [0.3, 0.4) is 0 Å². The van der Waals surface area contributed by atoms with E-state index in [1.807, 2.05) is 6.07 Å². The van der Waals surface area contributed by atoms with E-state index in [0.717, 1.165) is 12.1 Å². The van der Waals surface area contributed by atoms with Gasteiger partial charge in [-0.2, -0.15) is 23.4 Å². The lowest BCUT2D eigenvalue weighted by Crippen LogP contribution is -2.22. The van der Waals surface area contributed by atoms with E-state index in [2.05, 4.69) is 10.2 Å². The zero-order chi connectivity index (χ0) is 14.6. The molecule has 0 aliphatic rings. The van der Waals surface area contributed by atoms with Crippen molar-refractivity contribution in [1.29, 1.82) is 0 Å². The second-order valence-electron chi connectivity index (χ2n) is 3.91. The van der Waals surface area contributed by atoms with E-state index in [4.69, 9.17) is 0 Å². The van der Waals surface area contributed by atoms with Crippen LogP contribution in [-0.2, 0) is 0 Å². The van der Waals surface area contributed by atoms with Gasteiger partial charge in [0, 0.05) is 5.56 Å². The molecule has 0 aliphatic carbocycles. The molecule has 0 spiro atoms. The SMILES string of the molecule is O=C(c1ccc(N=Nc2ccccc2)cc1)C(F)(F)F. The third-order valence-electron chi connectivity index (χ3n) is 2.42. The highest BCUT2D eigenvalue weighted by Crippen LogP contribution is 2.24. The zero-order valence-corrected chi connectivity index (χ0v) is 10.1. The first-order valence-electron chi connectivity index (χ1n) is 5.65. The summed E-state index contributed by atoms with van der Waals surface area (Å²) in [7, 11) is 0. The topological polar surface area (TPSA) is 41.8 Å². The first-order valence-corrected chi connectivity index (χ1v) is 5.65. The second kappa shape index (κ2) is 5.64. The van der Waals surface area contributed by atoms with Gasteiger partial charge in [0.25, 0.3) is 5.78 Å². The monoisotopic (exact) mass is 278 g/mol. The summed E-state index contributed by atoms with van der Waals surface area (Å²) in [5.74, 6) is -1.87. The fourth-order valence-electron chi connectivity index (χ4n) is 1.45. The first kappa shape index (κ1) is 13.9. The number of halogens is 3. The minimum atomic E-state index is -4.87. The van der Waals surface area contributed by atoms with Crippen LogP contribution in [0.4, 0.5) is 24.5 Å². The Balaban J connectivity index is 2.13. The minimum absolute atomic E-state index is 0.368. The van der Waals surface area contributed by atoms with Crippen LogP contribution in [0.15, 0.2) is 64.8 Å². The van der Waals surface area contributed by atoms with E-state index >= 15 is 0 Å². The number of alkyl halides is 3. The average molecular weight is 278 g/mol. The highest BCUT2D eigenvalue weighted by atomic mass is 19.4. The van der Waals surface area contributed by atoms with Crippen LogP contribution in [0.5, 0.6) is 0 Å². The van der Waals surface area contributed by atoms with Crippen LogP contribution < -0.4 is 0 Å². The molecule has 0 aliphatic heterocycles. The molecule has 0 heterocycles. The Hall–Kier alpha value is -2.50. The van der Waals surface area contributed by atoms with E-state index in [9.17, 15) is 18.0 Å². The van der Waals surface area contributed by atoms with Gasteiger partial charge in [-0.1, -0.05) is 18.2 Å². The summed E-state index contributed by atoms with van der Waals surface area (Å²) in [4.78, 5) is 11.0. The molecule has 0 amide bonds. The number of Topliss-reactive ketones (excluding diaryl/α,β-unsaturated/α-hetero) is 1. The molecule has 0 radical (unpaired) electrons. The maximum absolute atomic E-state index is 12.2. The molecule has 0 unspecified atom stereocenters. The van der Waals surface area contributed by atoms with Gasteiger partial charge in [0.2, 0.25) is 0 Å². The lowest BCUT2D eigenvalue weighted by molar-refractivity contribution is -0.0885. The number of rotatable bonds is 3. The molecule has 0 atom stereocenters. The molecule has 2 rings (SSSR count). The van der Waals surface area contributed by atoms with E-state index in [1.54, 1.807) is 24.3 Å². The lowest BCUT2D eigenvalue weighted by Gasteiger charge is -2.04. The van der Waals surface area contributed by atoms with Crippen molar-refractivity contribution in [3.05, 3.63) is 60.2 Å². The summed E-state index contributed by atoms with van der Waals surface area (Å²) in [6.07, 6.45) is -4.87. The van der Waals surface area contributed by atoms with Gasteiger partial charge in [0.05, 0.1) is 11.4 Å². The highest BCUT2D eigenvalue weighted by molar-refractivity contribution is 6.00. The van der Waals surface area contributed by atoms with Crippen LogP contribution in [0.2, 0.25) is 0 Å². The fraction of sp³-hybridized carbons (Fsp3) is 0.0714. The molecule has 0 fully saturated rings. The molecule has 0 N–H and O–H groups in total. The molecule has 6 heteroatoms. The molecule has 2 aromatic rings. The maximum Gasteiger partial charge on any atom is 0.454 e. The van der Waals surface area contributed by atoms with Gasteiger partial charge in [0.15, 0.2) is 0 Å². The molecule has 0 saturated carbocycles. The summed E-state index contributed by atoms with van der Waals surface area (Å²) in [6.45, 7) is 0. The number of carbonyl (C=O) groups is 1. The highest BCUT2D eigenvalue weighted by Gasteiger charge is 2.39. The molecular formula is C14H9F3N2O. The van der Waals surface area contributed by atoms with Crippen molar-refractivity contribution >= 4 is 17.2 Å². The number of nitrogens with zero attached hydrogens (tertiary/aromatic N) is 2. The Kier molecular flexibility index (Phi) is 3.93. The van der Waals surface area contributed by atoms with Crippen molar-refractivity contribution in [3.8, 4) is 0 Å². The van der Waals surface area contributed by atoms with Crippen LogP contribution >= 0.6 is 0 Å². The van der Waals surface area contributed by atoms with Crippen LogP contribution in [0.25, 0.3) is 0 Å². The zero-order valence-electron chi connectivity index (χ0n) is 10.1. The first-order chi connectivity index (χ1) is 9.47. The summed E-state index contributed by atoms with van der Waals surface area (Å²) in [6, 6.07) is 13.7. The fourth-order valence-corrected chi connectivity index (χ4v) is 1.45. The van der Waals surface area contributed by atoms with Gasteiger partial charge in [-0.25, -0.2) is 0 Å². The van der Waals surface area contributed by atoms with Crippen LogP contribution in [-0.4, -0.2) is 12.0 Å². The molecule has 2 aromatic carbocycles. The smallest absolute Gasteiger partial charge is 0.284 e. The number of azo groups is 1. The Morgan fingerprint density at radius 1 is 0.800 bits per heavy atom. The molecule has 0 saturated heterocycles. The molecule has 102 valence electrons. The predicted octanol–water partition coefficient (Wildman–Crippen LogP) is 4.85. The average Bonchev–Trinajstić information content (AvgIpc) is 2.45. The van der Waals surface area contributed by atoms with Crippen molar-refractivity contribution in [1.82, 2.24) is 0 Å². The van der Waals surface area contributed by atoms with Crippen molar-refractivity contribution in [2.24, 2.45) is 10.2 Å². The van der Waals surface area contributed by atoms with E-state index in [1.165, 1.54) is 12.1 Å². The van der Waals surface area contributed by atoms with E-state index in [0.29, 0.717) is 11.4 Å². The molecular weight excluding hydrogens is 269 g/mol. The number of carbonyl (C=O) groups excluding carboxylic acids is 1. The number of benzene rings is 2. The van der Waals surface area contributed by atoms with Gasteiger partial charge in [0.1, 0.15) is 0 Å². The van der Waals surface area contributed by atoms with Gasteiger partial charge < -0.3 is 0 Å². The van der Waals surface area contributed by atoms with E-state index < -0.39 is 17.5 Å².